The second-order valence-corrected chi connectivity index (χ2v) is 20.8. The van der Waals surface area contributed by atoms with E-state index < -0.39 is 33.3 Å². The number of fused-ring (bicyclic) bond motifs is 2. The van der Waals surface area contributed by atoms with Crippen molar-refractivity contribution in [3.8, 4) is 11.3 Å². The van der Waals surface area contributed by atoms with Crippen LogP contribution in [0.4, 0.5) is 5.69 Å². The highest BCUT2D eigenvalue weighted by Crippen LogP contribution is 2.48. The van der Waals surface area contributed by atoms with Crippen molar-refractivity contribution >= 4 is 39.7 Å². The zero-order valence-corrected chi connectivity index (χ0v) is 45.2. The number of hydrogen-bond donors (Lipinski definition) is 1. The molecule has 20 heteroatoms. The van der Waals surface area contributed by atoms with E-state index in [1.54, 1.807) is 20.3 Å². The van der Waals surface area contributed by atoms with Gasteiger partial charge in [0.05, 0.1) is 90.2 Å². The number of benzene rings is 2. The molecule has 1 aromatic rings. The number of allylic oxidation sites excluding steroid dienone is 3. The van der Waals surface area contributed by atoms with Crippen LogP contribution in [0.2, 0.25) is 0 Å². The second-order valence-electron chi connectivity index (χ2n) is 19.3. The van der Waals surface area contributed by atoms with Gasteiger partial charge in [0.1, 0.15) is 24.7 Å². The fraction of sp³-hybridized carbons (Fsp3) is 0.593. The lowest BCUT2D eigenvalue weighted by Gasteiger charge is -2.27. The van der Waals surface area contributed by atoms with Gasteiger partial charge in [-0.2, -0.15) is 8.42 Å². The number of nitrogens with zero attached hydrogens (tertiary/aromatic N) is 3. The van der Waals surface area contributed by atoms with Gasteiger partial charge in [0.2, 0.25) is 5.36 Å². The molecule has 3 aliphatic heterocycles. The van der Waals surface area contributed by atoms with Crippen molar-refractivity contribution in [2.75, 3.05) is 131 Å². The molecule has 0 unspecified atom stereocenters. The molecule has 1 N–H and O–H groups in total. The highest BCUT2D eigenvalue weighted by Gasteiger charge is 2.40. The lowest BCUT2D eigenvalue weighted by Crippen LogP contribution is -2.36. The smallest absolute Gasteiger partial charge is 0.333 e. The maximum Gasteiger partial charge on any atom is 0.333 e. The molecule has 74 heavy (non-hydrogen) atoms. The van der Waals surface area contributed by atoms with Gasteiger partial charge in [-0.15, -0.1) is 5.06 Å². The molecular formula is C54H78N3O16S+. The minimum Gasteiger partial charge on any atom is -0.460 e. The van der Waals surface area contributed by atoms with E-state index in [9.17, 15) is 27.4 Å². The van der Waals surface area contributed by atoms with Gasteiger partial charge in [0.25, 0.3) is 21.9 Å². The van der Waals surface area contributed by atoms with Gasteiger partial charge >= 0.3 is 5.97 Å². The Morgan fingerprint density at radius 2 is 1.30 bits per heavy atom. The van der Waals surface area contributed by atoms with Crippen LogP contribution in [0.3, 0.4) is 0 Å². The first-order valence-electron chi connectivity index (χ1n) is 25.4. The monoisotopic (exact) mass is 1060 g/mol. The lowest BCUT2D eigenvalue weighted by molar-refractivity contribution is -0.197. The molecule has 1 aromatic carbocycles. The molecule has 4 aliphatic rings. The lowest BCUT2D eigenvalue weighted by atomic mass is 9.83. The van der Waals surface area contributed by atoms with E-state index in [0.717, 1.165) is 39.2 Å². The Labute approximate surface area is 436 Å². The van der Waals surface area contributed by atoms with Gasteiger partial charge in [-0.25, -0.2) is 9.37 Å². The Balaban J connectivity index is 1.36. The molecule has 19 nitrogen and oxygen atoms in total. The first-order valence-corrected chi connectivity index (χ1v) is 26.9. The van der Waals surface area contributed by atoms with Gasteiger partial charge in [0.15, 0.2) is 13.1 Å². The molecule has 3 heterocycles. The number of hydrogen-bond acceptors (Lipinski definition) is 16. The van der Waals surface area contributed by atoms with Crippen molar-refractivity contribution in [1.82, 2.24) is 9.64 Å². The largest absolute Gasteiger partial charge is 0.460 e. The van der Waals surface area contributed by atoms with Crippen LogP contribution in [0.5, 0.6) is 0 Å². The van der Waals surface area contributed by atoms with E-state index in [4.69, 9.17) is 47.1 Å². The third-order valence-corrected chi connectivity index (χ3v) is 13.3. The van der Waals surface area contributed by atoms with E-state index in [0.29, 0.717) is 142 Å². The van der Waals surface area contributed by atoms with Gasteiger partial charge < -0.3 is 52.0 Å². The summed E-state index contributed by atoms with van der Waals surface area (Å²) in [6.07, 6.45) is 7.90. The minimum atomic E-state index is -4.47. The predicted octanol–water partition coefficient (Wildman–Crippen LogP) is 5.96. The Hall–Kier alpha value is -4.87. The standard InChI is InChI=1S/C54H77N3O16S/c1-53(2,3)49-38-41(12-11-13-48-54(4,5)45-40-43(74(61,62)63)16-18-46(45)56(48)21-10-8-9-14-52(60)73-57-50(58)19-20-51(57)59)44-17-15-42(39-47(44)72-49)55(22-24-66-30-32-70-36-34-68-28-26-64-6)23-25-67-31-33-71-37-35-69-29-27-65-7/h11-13,15-18,38-40H,8-10,14,19-37H2,1-7H3/p+1. The van der Waals surface area contributed by atoms with E-state index in [1.807, 2.05) is 32.1 Å². The Kier molecular flexibility index (Phi) is 24.3. The maximum atomic E-state index is 12.5. The quantitative estimate of drug-likeness (QED) is 0.0317. The summed E-state index contributed by atoms with van der Waals surface area (Å²) < 4.78 is 87.7. The van der Waals surface area contributed by atoms with Crippen LogP contribution in [-0.2, 0) is 78.1 Å². The van der Waals surface area contributed by atoms with Crippen molar-refractivity contribution in [1.29, 1.82) is 0 Å². The fourth-order valence-electron chi connectivity index (χ4n) is 8.31. The molecule has 0 radical (unpaired) electrons. The number of ether oxygens (including phenoxy) is 8. The summed E-state index contributed by atoms with van der Waals surface area (Å²) in [6, 6.07) is 12.9. The molecule has 0 bridgehead atoms. The maximum absolute atomic E-state index is 12.5. The highest BCUT2D eigenvalue weighted by atomic mass is 32.2. The molecule has 0 atom stereocenters. The van der Waals surface area contributed by atoms with Crippen molar-refractivity contribution in [3.63, 3.8) is 0 Å². The van der Waals surface area contributed by atoms with E-state index >= 15 is 0 Å². The minimum absolute atomic E-state index is 0.0261. The Morgan fingerprint density at radius 1 is 0.743 bits per heavy atom. The number of methoxy groups -OCH3 is 2. The summed E-state index contributed by atoms with van der Waals surface area (Å²) >= 11 is 0. The number of rotatable bonds is 34. The van der Waals surface area contributed by atoms with Crippen molar-refractivity contribution in [3.05, 3.63) is 82.6 Å². The van der Waals surface area contributed by atoms with Crippen LogP contribution in [0.1, 0.15) is 90.0 Å². The molecular weight excluding hydrogens is 979 g/mol. The number of carbonyl (C=O) groups is 3. The molecule has 1 saturated heterocycles. The topological polar surface area (TPSA) is 211 Å². The molecule has 2 amide bonds. The average molecular weight is 1060 g/mol. The van der Waals surface area contributed by atoms with E-state index in [1.165, 1.54) is 12.1 Å². The first kappa shape index (κ1) is 60.0. The van der Waals surface area contributed by atoms with Crippen LogP contribution in [0.25, 0.3) is 17.4 Å². The third kappa shape index (κ3) is 18.5. The predicted molar refractivity (Wildman–Crippen MR) is 277 cm³/mol. The highest BCUT2D eigenvalue weighted by molar-refractivity contribution is 7.85. The summed E-state index contributed by atoms with van der Waals surface area (Å²) in [7, 11) is -1.20. The van der Waals surface area contributed by atoms with Crippen LogP contribution in [0, 0.1) is 0 Å². The van der Waals surface area contributed by atoms with Crippen molar-refractivity contribution in [2.24, 2.45) is 0 Å². The zero-order chi connectivity index (χ0) is 53.6. The molecule has 1 aliphatic carbocycles. The molecule has 0 spiro atoms. The van der Waals surface area contributed by atoms with E-state index in [-0.39, 0.29) is 29.6 Å². The van der Waals surface area contributed by atoms with Gasteiger partial charge in [-0.05, 0) is 60.4 Å². The molecule has 410 valence electrons. The van der Waals surface area contributed by atoms with Crippen LogP contribution in [-0.4, -0.2) is 162 Å². The molecule has 1 fully saturated rings. The van der Waals surface area contributed by atoms with Crippen molar-refractivity contribution in [2.45, 2.75) is 88.9 Å². The molecule has 0 saturated carbocycles. The SMILES string of the molecule is COCCOCCOCCOCC[N+](CCOCCOCCOCCOC)=c1ccc2c(/C=C/C=C3/N(CCCCCC(=O)ON4C(=O)CCC4=O)c4ccc(S(=O)(=O)O)cc4C3(C)C)cc(C(C)(C)C)oc-2c1. The number of imide groups is 1. The summed E-state index contributed by atoms with van der Waals surface area (Å²) in [6.45, 7) is 18.7. The first-order chi connectivity index (χ1) is 35.4. The summed E-state index contributed by atoms with van der Waals surface area (Å²) in [5.74, 6) is -0.200. The van der Waals surface area contributed by atoms with Gasteiger partial charge in [0, 0.05) is 73.9 Å². The summed E-state index contributed by atoms with van der Waals surface area (Å²) in [5.41, 5.74) is 3.28. The van der Waals surface area contributed by atoms with Gasteiger partial charge in [-0.1, -0.05) is 53.2 Å². The third-order valence-electron chi connectivity index (χ3n) is 12.4. The Morgan fingerprint density at radius 3 is 1.84 bits per heavy atom. The van der Waals surface area contributed by atoms with Crippen LogP contribution < -0.4 is 14.8 Å². The molecule has 0 aromatic heterocycles. The summed E-state index contributed by atoms with van der Waals surface area (Å²) in [4.78, 5) is 43.3. The fourth-order valence-corrected chi connectivity index (χ4v) is 8.82. The molecule has 5 rings (SSSR count). The summed E-state index contributed by atoms with van der Waals surface area (Å²) in [5, 5.41) is 1.49. The van der Waals surface area contributed by atoms with Crippen molar-refractivity contribution < 1.29 is 74.5 Å². The zero-order valence-electron chi connectivity index (χ0n) is 44.4. The Bertz CT molecular complexity index is 2450. The normalized spacial score (nSPS) is 15.4. The number of carbonyl (C=O) groups excluding carboxylic acids is 3. The van der Waals surface area contributed by atoms with Gasteiger partial charge in [-0.3, -0.25) is 14.1 Å². The second kappa shape index (κ2) is 30.0. The number of hydroxylamine groups is 2. The van der Waals surface area contributed by atoms with Crippen LogP contribution >= 0.6 is 0 Å². The van der Waals surface area contributed by atoms with Crippen LogP contribution in [0.15, 0.2) is 69.6 Å². The number of amides is 2. The average Bonchev–Trinajstić information content (AvgIpc) is 3.78. The van der Waals surface area contributed by atoms with E-state index in [2.05, 4.69) is 54.5 Å². The number of unbranched alkanes of at least 4 members (excludes halogenated alkanes) is 2. The number of anilines is 1.